The van der Waals surface area contributed by atoms with Crippen LogP contribution in [0.15, 0.2) is 22.7 Å². The molecule has 0 saturated heterocycles. The van der Waals surface area contributed by atoms with Gasteiger partial charge in [-0.1, -0.05) is 22.0 Å². The van der Waals surface area contributed by atoms with Gasteiger partial charge in [0, 0.05) is 15.3 Å². The molecule has 1 heterocycles. The average molecular weight is 327 g/mol. The van der Waals surface area contributed by atoms with E-state index >= 15 is 0 Å². The number of rotatable bonds is 1. The van der Waals surface area contributed by atoms with Crippen LogP contribution in [0.4, 0.5) is 9.52 Å². The number of aromatic nitrogens is 1. The number of benzene rings is 1. The fourth-order valence-electron chi connectivity index (χ4n) is 2.52. The molecule has 1 aromatic carbocycles. The number of hydrogen-bond acceptors (Lipinski definition) is 3. The summed E-state index contributed by atoms with van der Waals surface area (Å²) >= 11 is 5.01. The number of fused-ring (bicyclic) bond motifs is 1. The summed E-state index contributed by atoms with van der Waals surface area (Å²) in [5.41, 5.74) is 8.04. The molecular weight excluding hydrogens is 315 g/mol. The highest BCUT2D eigenvalue weighted by Gasteiger charge is 2.26. The van der Waals surface area contributed by atoms with E-state index < -0.39 is 0 Å². The fourth-order valence-corrected chi connectivity index (χ4v) is 4.18. The molecule has 0 radical (unpaired) electrons. The largest absolute Gasteiger partial charge is 0.375 e. The molecular formula is C13H12BrFN2S. The lowest BCUT2D eigenvalue weighted by Gasteiger charge is -2.22. The molecule has 0 fully saturated rings. The van der Waals surface area contributed by atoms with Crippen molar-refractivity contribution in [3.63, 3.8) is 0 Å². The van der Waals surface area contributed by atoms with Gasteiger partial charge in [-0.25, -0.2) is 9.37 Å². The molecule has 0 amide bonds. The van der Waals surface area contributed by atoms with Gasteiger partial charge < -0.3 is 5.73 Å². The molecule has 0 saturated carbocycles. The molecule has 1 unspecified atom stereocenters. The van der Waals surface area contributed by atoms with Crippen LogP contribution in [0.2, 0.25) is 0 Å². The van der Waals surface area contributed by atoms with E-state index in [1.54, 1.807) is 11.3 Å². The number of hydrogen-bond donors (Lipinski definition) is 1. The van der Waals surface area contributed by atoms with Crippen molar-refractivity contribution in [1.82, 2.24) is 4.98 Å². The molecule has 1 atom stereocenters. The van der Waals surface area contributed by atoms with Crippen molar-refractivity contribution >= 4 is 32.4 Å². The van der Waals surface area contributed by atoms with E-state index in [0.29, 0.717) is 11.0 Å². The average Bonchev–Trinajstić information content (AvgIpc) is 2.69. The number of nitrogens with zero attached hydrogens (tertiary/aromatic N) is 1. The maximum Gasteiger partial charge on any atom is 0.180 e. The van der Waals surface area contributed by atoms with Gasteiger partial charge in [0.15, 0.2) is 5.13 Å². The molecule has 0 spiro atoms. The number of nitrogens with two attached hydrogens (primary N) is 1. The van der Waals surface area contributed by atoms with E-state index in [0.717, 1.165) is 35.0 Å². The first kappa shape index (κ1) is 12.1. The Balaban J connectivity index is 2.07. The maximum atomic E-state index is 13.2. The third-order valence-electron chi connectivity index (χ3n) is 3.30. The molecule has 1 aliphatic rings. The Labute approximate surface area is 117 Å². The van der Waals surface area contributed by atoms with Crippen LogP contribution in [0.3, 0.4) is 0 Å². The van der Waals surface area contributed by atoms with Crippen molar-refractivity contribution in [1.29, 1.82) is 0 Å². The van der Waals surface area contributed by atoms with Gasteiger partial charge in [-0.3, -0.25) is 0 Å². The molecule has 5 heteroatoms. The van der Waals surface area contributed by atoms with E-state index in [1.807, 2.05) is 6.07 Å². The molecule has 0 bridgehead atoms. The third-order valence-corrected chi connectivity index (χ3v) is 5.03. The Morgan fingerprint density at radius 3 is 3.06 bits per heavy atom. The summed E-state index contributed by atoms with van der Waals surface area (Å²) in [7, 11) is 0. The summed E-state index contributed by atoms with van der Waals surface area (Å²) in [6.45, 7) is 0. The minimum absolute atomic E-state index is 0.217. The highest BCUT2D eigenvalue weighted by molar-refractivity contribution is 9.10. The second-order valence-corrected chi connectivity index (χ2v) is 6.39. The van der Waals surface area contributed by atoms with Crippen molar-refractivity contribution in [2.24, 2.45) is 0 Å². The van der Waals surface area contributed by atoms with Gasteiger partial charge in [-0.2, -0.15) is 0 Å². The van der Waals surface area contributed by atoms with Crippen LogP contribution >= 0.6 is 27.3 Å². The van der Waals surface area contributed by atoms with Crippen molar-refractivity contribution < 1.29 is 4.39 Å². The number of halogens is 2. The molecule has 1 aliphatic carbocycles. The lowest BCUT2D eigenvalue weighted by molar-refractivity contribution is 0.606. The smallest absolute Gasteiger partial charge is 0.180 e. The summed E-state index contributed by atoms with van der Waals surface area (Å²) in [4.78, 5) is 5.62. The molecule has 2 aromatic rings. The topological polar surface area (TPSA) is 38.9 Å². The van der Waals surface area contributed by atoms with E-state index in [4.69, 9.17) is 5.73 Å². The van der Waals surface area contributed by atoms with E-state index in [9.17, 15) is 4.39 Å². The number of aryl methyl sites for hydroxylation is 1. The van der Waals surface area contributed by atoms with Gasteiger partial charge in [-0.15, -0.1) is 11.3 Å². The van der Waals surface area contributed by atoms with Crippen LogP contribution in [-0.4, -0.2) is 4.98 Å². The van der Waals surface area contributed by atoms with E-state index in [-0.39, 0.29) is 5.82 Å². The number of anilines is 1. The van der Waals surface area contributed by atoms with Crippen molar-refractivity contribution in [3.05, 3.63) is 44.6 Å². The Morgan fingerprint density at radius 2 is 2.28 bits per heavy atom. The summed E-state index contributed by atoms with van der Waals surface area (Å²) in [5.74, 6) is 0.0731. The SMILES string of the molecule is Nc1nc2c(s1)C(c1ccc(F)cc1Br)CCC2. The van der Waals surface area contributed by atoms with Gasteiger partial charge in [0.2, 0.25) is 0 Å². The minimum atomic E-state index is -0.217. The molecule has 0 aliphatic heterocycles. The zero-order valence-electron chi connectivity index (χ0n) is 9.62. The van der Waals surface area contributed by atoms with Crippen LogP contribution in [-0.2, 0) is 6.42 Å². The molecule has 3 rings (SSSR count). The Bertz CT molecular complexity index is 597. The van der Waals surface area contributed by atoms with Crippen LogP contribution in [0, 0.1) is 5.82 Å². The van der Waals surface area contributed by atoms with Crippen LogP contribution in [0.25, 0.3) is 0 Å². The van der Waals surface area contributed by atoms with Gasteiger partial charge in [-0.05, 0) is 37.0 Å². The number of thiazole rings is 1. The van der Waals surface area contributed by atoms with Crippen LogP contribution in [0.1, 0.15) is 34.9 Å². The third kappa shape index (κ3) is 2.06. The second kappa shape index (κ2) is 4.63. The summed E-state index contributed by atoms with van der Waals surface area (Å²) in [6.07, 6.45) is 3.17. The normalized spacial score (nSPS) is 18.7. The van der Waals surface area contributed by atoms with Crippen LogP contribution in [0.5, 0.6) is 0 Å². The first-order chi connectivity index (χ1) is 8.65. The van der Waals surface area contributed by atoms with Crippen LogP contribution < -0.4 is 5.73 Å². The predicted octanol–water partition coefficient (Wildman–Crippen LogP) is 4.10. The quantitative estimate of drug-likeness (QED) is 0.857. The summed E-state index contributed by atoms with van der Waals surface area (Å²) in [5, 5.41) is 0.630. The van der Waals surface area contributed by atoms with E-state index in [2.05, 4.69) is 20.9 Å². The molecule has 94 valence electrons. The molecule has 2 nitrogen and oxygen atoms in total. The highest BCUT2D eigenvalue weighted by Crippen LogP contribution is 2.42. The summed E-state index contributed by atoms with van der Waals surface area (Å²) in [6, 6.07) is 4.89. The first-order valence-electron chi connectivity index (χ1n) is 5.85. The molecule has 2 N–H and O–H groups in total. The second-order valence-electron chi connectivity index (χ2n) is 4.47. The molecule has 18 heavy (non-hydrogen) atoms. The lowest BCUT2D eigenvalue weighted by atomic mass is 9.86. The number of nitrogen functional groups attached to an aromatic ring is 1. The monoisotopic (exact) mass is 326 g/mol. The van der Waals surface area contributed by atoms with Crippen molar-refractivity contribution in [2.45, 2.75) is 25.2 Å². The zero-order chi connectivity index (χ0) is 12.7. The van der Waals surface area contributed by atoms with Crippen molar-refractivity contribution in [3.8, 4) is 0 Å². The summed E-state index contributed by atoms with van der Waals surface area (Å²) < 4.78 is 14.0. The van der Waals surface area contributed by atoms with Gasteiger partial charge in [0.1, 0.15) is 5.82 Å². The van der Waals surface area contributed by atoms with Gasteiger partial charge in [0.05, 0.1) is 5.69 Å². The Morgan fingerprint density at radius 1 is 1.44 bits per heavy atom. The van der Waals surface area contributed by atoms with E-state index in [1.165, 1.54) is 17.0 Å². The zero-order valence-corrected chi connectivity index (χ0v) is 12.0. The Kier molecular flexibility index (Phi) is 3.11. The minimum Gasteiger partial charge on any atom is -0.375 e. The van der Waals surface area contributed by atoms with Gasteiger partial charge in [0.25, 0.3) is 0 Å². The predicted molar refractivity (Wildman–Crippen MR) is 75.4 cm³/mol. The lowest BCUT2D eigenvalue weighted by Crippen LogP contribution is -2.09. The first-order valence-corrected chi connectivity index (χ1v) is 7.46. The Hall–Kier alpha value is -0.940. The fraction of sp³-hybridized carbons (Fsp3) is 0.308. The maximum absolute atomic E-state index is 13.2. The van der Waals surface area contributed by atoms with Gasteiger partial charge >= 0.3 is 0 Å². The molecule has 1 aromatic heterocycles. The highest BCUT2D eigenvalue weighted by atomic mass is 79.9. The standard InChI is InChI=1S/C13H12BrFN2S/c14-10-6-7(15)4-5-8(10)9-2-1-3-11-12(9)18-13(16)17-11/h4-6,9H,1-3H2,(H2,16,17). The van der Waals surface area contributed by atoms with Crippen molar-refractivity contribution in [2.75, 3.05) is 5.73 Å².